The van der Waals surface area contributed by atoms with E-state index in [1.807, 2.05) is 4.90 Å². The summed E-state index contributed by atoms with van der Waals surface area (Å²) < 4.78 is 0. The molecule has 0 unspecified atom stereocenters. The van der Waals surface area contributed by atoms with Crippen molar-refractivity contribution in [1.82, 2.24) is 20.1 Å². The van der Waals surface area contributed by atoms with E-state index in [-0.39, 0.29) is 33.9 Å². The van der Waals surface area contributed by atoms with E-state index in [1.165, 1.54) is 29.2 Å². The molecule has 0 bridgehead atoms. The highest BCUT2D eigenvalue weighted by molar-refractivity contribution is 8.00. The first-order valence-electron chi connectivity index (χ1n) is 11.3. The van der Waals surface area contributed by atoms with Crippen LogP contribution in [0.3, 0.4) is 0 Å². The highest BCUT2D eigenvalue weighted by atomic mass is 32.2. The van der Waals surface area contributed by atoms with Gasteiger partial charge in [-0.2, -0.15) is 0 Å². The average Bonchev–Trinajstić information content (AvgIpc) is 3.48. The van der Waals surface area contributed by atoms with Gasteiger partial charge in [0.1, 0.15) is 29.9 Å². The largest absolute Gasteiger partial charge is 0.477 e. The predicted octanol–water partition coefficient (Wildman–Crippen LogP) is 0.383. The fourth-order valence-electron chi connectivity index (χ4n) is 4.45. The zero-order valence-electron chi connectivity index (χ0n) is 19.3. The molecule has 1 saturated carbocycles. The molecule has 190 valence electrons. The van der Waals surface area contributed by atoms with Gasteiger partial charge in [0.2, 0.25) is 5.91 Å². The van der Waals surface area contributed by atoms with E-state index in [2.05, 4.69) is 15.5 Å². The number of carboxylic acid groups (broad SMARTS) is 1. The second kappa shape index (κ2) is 9.58. The lowest BCUT2D eigenvalue weighted by atomic mass is 10.0. The number of carboxylic acids is 1. The normalized spacial score (nSPS) is 25.2. The third-order valence-electron chi connectivity index (χ3n) is 6.39. The Balaban J connectivity index is 1.33. The lowest BCUT2D eigenvalue weighted by Gasteiger charge is -2.49. The number of anilines is 1. The van der Waals surface area contributed by atoms with Crippen molar-refractivity contribution >= 4 is 57.6 Å². The molecule has 3 aliphatic heterocycles. The van der Waals surface area contributed by atoms with E-state index in [0.717, 1.165) is 30.7 Å². The van der Waals surface area contributed by atoms with Crippen LogP contribution in [0.25, 0.3) is 0 Å². The SMILES string of the molecule is CON=C(C(=O)N[C@@H]1C(=O)N2C(C(=O)O)=C(C=C3CCN(CC4CC4)C3=O)CS[C@H]12)c1csc(N)n1. The number of β-lactam (4-membered cyclic amide) rings is 1. The van der Waals surface area contributed by atoms with Crippen LogP contribution in [0.4, 0.5) is 5.13 Å². The van der Waals surface area contributed by atoms with Gasteiger partial charge in [-0.1, -0.05) is 5.16 Å². The number of hydrogen-bond donors (Lipinski definition) is 3. The molecule has 1 aliphatic carbocycles. The molecule has 0 aromatic carbocycles. The summed E-state index contributed by atoms with van der Waals surface area (Å²) in [7, 11) is 1.27. The van der Waals surface area contributed by atoms with Gasteiger partial charge in [-0.25, -0.2) is 9.78 Å². The molecule has 0 spiro atoms. The number of nitrogens with two attached hydrogens (primary N) is 1. The lowest BCUT2D eigenvalue weighted by Crippen LogP contribution is -2.71. The maximum Gasteiger partial charge on any atom is 0.352 e. The fraction of sp³-hybridized carbons (Fsp3) is 0.455. The van der Waals surface area contributed by atoms with Crippen molar-refractivity contribution < 1.29 is 29.1 Å². The molecule has 14 heteroatoms. The first-order chi connectivity index (χ1) is 17.3. The number of fused-ring (bicyclic) bond motifs is 1. The van der Waals surface area contributed by atoms with Gasteiger partial charge in [-0.3, -0.25) is 19.3 Å². The minimum atomic E-state index is -1.26. The van der Waals surface area contributed by atoms with E-state index >= 15 is 0 Å². The summed E-state index contributed by atoms with van der Waals surface area (Å²) in [4.78, 5) is 62.6. The average molecular weight is 533 g/mol. The molecule has 1 aromatic heterocycles. The van der Waals surface area contributed by atoms with Crippen LogP contribution in [0.5, 0.6) is 0 Å². The van der Waals surface area contributed by atoms with Gasteiger partial charge in [-0.15, -0.1) is 23.1 Å². The Morgan fingerprint density at radius 3 is 2.81 bits per heavy atom. The summed E-state index contributed by atoms with van der Waals surface area (Å²) in [5, 5.41) is 17.4. The number of nitrogens with zero attached hydrogens (tertiary/aromatic N) is 4. The van der Waals surface area contributed by atoms with Crippen LogP contribution in [0.2, 0.25) is 0 Å². The second-order valence-electron chi connectivity index (χ2n) is 8.85. The molecular weight excluding hydrogens is 508 g/mol. The fourth-order valence-corrected chi connectivity index (χ4v) is 6.31. The zero-order chi connectivity index (χ0) is 25.6. The van der Waals surface area contributed by atoms with E-state index < -0.39 is 29.2 Å². The monoisotopic (exact) mass is 532 g/mol. The number of likely N-dealkylation sites (tertiary alicyclic amines) is 1. The number of rotatable bonds is 8. The third-order valence-corrected chi connectivity index (χ3v) is 8.36. The number of thiazole rings is 1. The van der Waals surface area contributed by atoms with Crippen LogP contribution in [-0.4, -0.2) is 86.7 Å². The van der Waals surface area contributed by atoms with Crippen LogP contribution in [0.15, 0.2) is 33.5 Å². The topological polar surface area (TPSA) is 168 Å². The molecule has 36 heavy (non-hydrogen) atoms. The summed E-state index contributed by atoms with van der Waals surface area (Å²) >= 11 is 2.45. The lowest BCUT2D eigenvalue weighted by molar-refractivity contribution is -0.150. The Kier molecular flexibility index (Phi) is 6.47. The van der Waals surface area contributed by atoms with Crippen LogP contribution < -0.4 is 11.1 Å². The number of amides is 3. The smallest absolute Gasteiger partial charge is 0.352 e. The number of carbonyl (C=O) groups excluding carboxylic acids is 3. The summed E-state index contributed by atoms with van der Waals surface area (Å²) in [5.41, 5.74) is 6.51. The summed E-state index contributed by atoms with van der Waals surface area (Å²) in [6.45, 7) is 1.37. The number of aliphatic carboxylic acids is 1. The molecule has 1 aromatic rings. The van der Waals surface area contributed by atoms with Crippen LogP contribution in [-0.2, 0) is 24.0 Å². The van der Waals surface area contributed by atoms with Gasteiger partial charge in [0, 0.05) is 29.8 Å². The van der Waals surface area contributed by atoms with Crippen molar-refractivity contribution in [3.8, 4) is 0 Å². The van der Waals surface area contributed by atoms with Crippen molar-refractivity contribution in [1.29, 1.82) is 0 Å². The first-order valence-corrected chi connectivity index (χ1v) is 13.3. The number of allylic oxidation sites excluding steroid dienone is 1. The maximum atomic E-state index is 13.0. The number of hydrogen-bond acceptors (Lipinski definition) is 10. The van der Waals surface area contributed by atoms with Gasteiger partial charge < -0.3 is 25.9 Å². The highest BCUT2D eigenvalue weighted by Gasteiger charge is 2.54. The number of thioether (sulfide) groups is 1. The molecule has 2 atom stereocenters. The van der Waals surface area contributed by atoms with Crippen molar-refractivity contribution in [2.24, 2.45) is 11.1 Å². The summed E-state index contributed by atoms with van der Waals surface area (Å²) in [6.07, 6.45) is 4.45. The second-order valence-corrected chi connectivity index (χ2v) is 10.8. The van der Waals surface area contributed by atoms with Gasteiger partial charge in [0.05, 0.1) is 0 Å². The van der Waals surface area contributed by atoms with Crippen molar-refractivity contribution in [2.45, 2.75) is 30.7 Å². The van der Waals surface area contributed by atoms with Gasteiger partial charge in [-0.05, 0) is 36.8 Å². The Labute approximate surface area is 214 Å². The number of oxime groups is 1. The summed E-state index contributed by atoms with van der Waals surface area (Å²) in [6, 6.07) is -0.953. The minimum Gasteiger partial charge on any atom is -0.477 e. The third kappa shape index (κ3) is 4.46. The first kappa shape index (κ1) is 24.3. The number of carbonyl (C=O) groups is 4. The van der Waals surface area contributed by atoms with Gasteiger partial charge in [0.15, 0.2) is 10.8 Å². The van der Waals surface area contributed by atoms with E-state index in [4.69, 9.17) is 10.6 Å². The van der Waals surface area contributed by atoms with Gasteiger partial charge >= 0.3 is 5.97 Å². The molecule has 5 rings (SSSR count). The molecule has 4 heterocycles. The van der Waals surface area contributed by atoms with Crippen molar-refractivity contribution in [3.05, 3.63) is 34.0 Å². The molecule has 4 aliphatic rings. The Hall–Kier alpha value is -3.39. The van der Waals surface area contributed by atoms with Crippen LogP contribution >= 0.6 is 23.1 Å². The quantitative estimate of drug-likeness (QED) is 0.186. The van der Waals surface area contributed by atoms with E-state index in [9.17, 15) is 24.3 Å². The predicted molar refractivity (Wildman–Crippen MR) is 132 cm³/mol. The molecule has 0 radical (unpaired) electrons. The number of nitrogens with one attached hydrogen (secondary N) is 1. The van der Waals surface area contributed by atoms with E-state index in [0.29, 0.717) is 30.0 Å². The number of aromatic nitrogens is 1. The minimum absolute atomic E-state index is 0.0704. The number of nitrogen functional groups attached to an aromatic ring is 1. The summed E-state index contributed by atoms with van der Waals surface area (Å²) in [5.74, 6) is -1.73. The zero-order valence-corrected chi connectivity index (χ0v) is 20.9. The highest BCUT2D eigenvalue weighted by Crippen LogP contribution is 2.41. The maximum absolute atomic E-state index is 13.0. The standard InChI is InChI=1S/C22H24N6O6S2/c1-34-26-14(13-9-36-22(23)24-13)17(29)25-15-19(31)28-16(21(32)33)12(8-35-20(15)28)6-11-4-5-27(18(11)30)7-10-2-3-10/h6,9-10,15,20H,2-5,7-8H2,1H3,(H2,23,24)(H,25,29)(H,32,33)/t15-,20-/m1/s1. The van der Waals surface area contributed by atoms with E-state index in [1.54, 1.807) is 6.08 Å². The van der Waals surface area contributed by atoms with Gasteiger partial charge in [0.25, 0.3) is 11.8 Å². The molecule has 2 saturated heterocycles. The van der Waals surface area contributed by atoms with Crippen molar-refractivity contribution in [3.63, 3.8) is 0 Å². The van der Waals surface area contributed by atoms with Crippen LogP contribution in [0, 0.1) is 5.92 Å². The Bertz CT molecular complexity index is 1240. The van der Waals surface area contributed by atoms with Crippen LogP contribution in [0.1, 0.15) is 25.0 Å². The molecule has 3 fully saturated rings. The molecule has 12 nitrogen and oxygen atoms in total. The Morgan fingerprint density at radius 1 is 1.39 bits per heavy atom. The van der Waals surface area contributed by atoms with Crippen molar-refractivity contribution in [2.75, 3.05) is 31.7 Å². The molecule has 4 N–H and O–H groups in total. The molecule has 3 amide bonds. The molecular formula is C22H24N6O6S2. The Morgan fingerprint density at radius 2 is 2.17 bits per heavy atom.